The van der Waals surface area contributed by atoms with E-state index in [0.29, 0.717) is 16.6 Å². The van der Waals surface area contributed by atoms with Gasteiger partial charge in [0, 0.05) is 16.2 Å². The van der Waals surface area contributed by atoms with E-state index in [4.69, 9.17) is 21.7 Å². The Morgan fingerprint density at radius 3 is 2.36 bits per heavy atom. The summed E-state index contributed by atoms with van der Waals surface area (Å²) < 4.78 is 11.4. The summed E-state index contributed by atoms with van der Waals surface area (Å²) in [5, 5.41) is 6.77. The molecule has 0 amide bonds. The number of rotatable bonds is 4. The van der Waals surface area contributed by atoms with Gasteiger partial charge in [-0.15, -0.1) is 0 Å². The second-order valence-electron chi connectivity index (χ2n) is 4.63. The van der Waals surface area contributed by atoms with Crippen LogP contribution in [-0.2, 0) is 0 Å². The molecule has 0 aliphatic rings. The Morgan fingerprint density at radius 1 is 1.00 bits per heavy atom. The Morgan fingerprint density at radius 2 is 1.73 bits per heavy atom. The molecule has 2 rings (SSSR count). The van der Waals surface area contributed by atoms with Crippen molar-refractivity contribution in [2.24, 2.45) is 0 Å². The lowest BCUT2D eigenvalue weighted by Crippen LogP contribution is -2.19. The van der Waals surface area contributed by atoms with Gasteiger partial charge in [0.25, 0.3) is 0 Å². The van der Waals surface area contributed by atoms with Crippen LogP contribution in [0.3, 0.4) is 0 Å². The molecule has 0 aliphatic heterocycles. The molecule has 2 N–H and O–H groups in total. The van der Waals surface area contributed by atoms with Crippen molar-refractivity contribution in [1.29, 1.82) is 0 Å². The fourth-order valence-electron chi connectivity index (χ4n) is 1.92. The maximum atomic E-state index is 5.34. The van der Waals surface area contributed by atoms with Crippen LogP contribution in [-0.4, -0.2) is 19.3 Å². The first kappa shape index (κ1) is 16.6. The van der Waals surface area contributed by atoms with E-state index in [0.717, 1.165) is 15.8 Å². The highest BCUT2D eigenvalue weighted by Gasteiger charge is 2.07. The van der Waals surface area contributed by atoms with Crippen LogP contribution >= 0.6 is 28.1 Å². The predicted octanol–water partition coefficient (Wildman–Crippen LogP) is 4.58. The van der Waals surface area contributed by atoms with E-state index < -0.39 is 0 Å². The number of anilines is 2. The van der Waals surface area contributed by atoms with E-state index in [1.54, 1.807) is 14.2 Å². The molecule has 2 aromatic rings. The molecule has 0 atom stereocenters. The van der Waals surface area contributed by atoms with Gasteiger partial charge in [-0.3, -0.25) is 0 Å². The molecule has 0 bridgehead atoms. The molecule has 116 valence electrons. The number of ether oxygens (including phenoxy) is 2. The SMILES string of the molecule is COc1ccc(NC(=S)Nc2ccc(C)cc2Br)cc1OC. The van der Waals surface area contributed by atoms with E-state index in [1.165, 1.54) is 5.56 Å². The third kappa shape index (κ3) is 4.11. The van der Waals surface area contributed by atoms with Crippen LogP contribution in [0.15, 0.2) is 40.9 Å². The lowest BCUT2D eigenvalue weighted by atomic mass is 10.2. The number of hydrogen-bond acceptors (Lipinski definition) is 3. The standard InChI is InChI=1S/C16H17BrN2O2S/c1-10-4-6-13(12(17)8-10)19-16(22)18-11-5-7-14(20-2)15(9-11)21-3/h4-9H,1-3H3,(H2,18,19,22). The summed E-state index contributed by atoms with van der Waals surface area (Å²) in [5.41, 5.74) is 2.90. The van der Waals surface area contributed by atoms with Gasteiger partial charge < -0.3 is 20.1 Å². The van der Waals surface area contributed by atoms with Crippen LogP contribution in [0.5, 0.6) is 11.5 Å². The number of aryl methyl sites for hydroxylation is 1. The lowest BCUT2D eigenvalue weighted by molar-refractivity contribution is 0.355. The zero-order valence-corrected chi connectivity index (χ0v) is 15.0. The van der Waals surface area contributed by atoms with Gasteiger partial charge in [0.1, 0.15) is 0 Å². The Bertz CT molecular complexity index is 692. The van der Waals surface area contributed by atoms with Gasteiger partial charge in [0.15, 0.2) is 16.6 Å². The molecular weight excluding hydrogens is 364 g/mol. The van der Waals surface area contributed by atoms with Crippen LogP contribution in [0, 0.1) is 6.92 Å². The first-order chi connectivity index (χ1) is 10.5. The highest BCUT2D eigenvalue weighted by molar-refractivity contribution is 9.10. The predicted molar refractivity (Wildman–Crippen MR) is 98.3 cm³/mol. The van der Waals surface area contributed by atoms with Crippen molar-refractivity contribution in [2.75, 3.05) is 24.9 Å². The third-order valence-corrected chi connectivity index (χ3v) is 3.87. The fourth-order valence-corrected chi connectivity index (χ4v) is 2.74. The summed E-state index contributed by atoms with van der Waals surface area (Å²) in [4.78, 5) is 0. The maximum Gasteiger partial charge on any atom is 0.175 e. The molecule has 0 unspecified atom stereocenters. The molecule has 0 heterocycles. The smallest absolute Gasteiger partial charge is 0.175 e. The molecule has 0 aliphatic carbocycles. The van der Waals surface area contributed by atoms with Gasteiger partial charge in [-0.2, -0.15) is 0 Å². The normalized spacial score (nSPS) is 10.0. The molecule has 4 nitrogen and oxygen atoms in total. The second kappa shape index (κ2) is 7.47. The maximum absolute atomic E-state index is 5.34. The van der Waals surface area contributed by atoms with Crippen LogP contribution in [0.25, 0.3) is 0 Å². The van der Waals surface area contributed by atoms with Gasteiger partial charge in [-0.05, 0) is 64.9 Å². The summed E-state index contributed by atoms with van der Waals surface area (Å²) in [6.45, 7) is 2.04. The minimum Gasteiger partial charge on any atom is -0.493 e. The molecule has 0 radical (unpaired) electrons. The van der Waals surface area contributed by atoms with Crippen LogP contribution in [0.1, 0.15) is 5.56 Å². The van der Waals surface area contributed by atoms with Gasteiger partial charge >= 0.3 is 0 Å². The van der Waals surface area contributed by atoms with Crippen molar-refractivity contribution in [1.82, 2.24) is 0 Å². The average Bonchev–Trinajstić information content (AvgIpc) is 2.50. The molecule has 0 spiro atoms. The van der Waals surface area contributed by atoms with Gasteiger partial charge in [0.2, 0.25) is 0 Å². The number of thiocarbonyl (C=S) groups is 1. The van der Waals surface area contributed by atoms with Crippen molar-refractivity contribution in [3.8, 4) is 11.5 Å². The minimum atomic E-state index is 0.497. The van der Waals surface area contributed by atoms with Crippen molar-refractivity contribution in [2.45, 2.75) is 6.92 Å². The van der Waals surface area contributed by atoms with E-state index in [2.05, 4.69) is 26.6 Å². The van der Waals surface area contributed by atoms with Gasteiger partial charge in [0.05, 0.1) is 19.9 Å². The van der Waals surface area contributed by atoms with E-state index in [-0.39, 0.29) is 0 Å². The summed E-state index contributed by atoms with van der Waals surface area (Å²) in [6, 6.07) is 11.6. The molecule has 0 saturated carbocycles. The molecular formula is C16H17BrN2O2S. The Hall–Kier alpha value is -1.79. The largest absolute Gasteiger partial charge is 0.493 e. The number of methoxy groups -OCH3 is 2. The summed E-state index contributed by atoms with van der Waals surface area (Å²) in [5.74, 6) is 1.32. The fraction of sp³-hybridized carbons (Fsp3) is 0.188. The molecule has 6 heteroatoms. The van der Waals surface area contributed by atoms with E-state index in [9.17, 15) is 0 Å². The van der Waals surface area contributed by atoms with Crippen molar-refractivity contribution >= 4 is 44.6 Å². The molecule has 0 fully saturated rings. The van der Waals surface area contributed by atoms with Crippen molar-refractivity contribution < 1.29 is 9.47 Å². The highest BCUT2D eigenvalue weighted by Crippen LogP contribution is 2.30. The zero-order valence-electron chi connectivity index (χ0n) is 12.6. The summed E-state index contributed by atoms with van der Waals surface area (Å²) in [6.07, 6.45) is 0. The number of hydrogen-bond donors (Lipinski definition) is 2. The zero-order chi connectivity index (χ0) is 16.1. The molecule has 2 aromatic carbocycles. The molecule has 0 saturated heterocycles. The van der Waals surface area contributed by atoms with Crippen LogP contribution in [0.2, 0.25) is 0 Å². The highest BCUT2D eigenvalue weighted by atomic mass is 79.9. The molecule has 22 heavy (non-hydrogen) atoms. The first-order valence-corrected chi connectivity index (χ1v) is 7.80. The number of benzene rings is 2. The quantitative estimate of drug-likeness (QED) is 0.759. The number of halogens is 1. The second-order valence-corrected chi connectivity index (χ2v) is 5.89. The number of nitrogens with one attached hydrogen (secondary N) is 2. The Balaban J connectivity index is 2.08. The first-order valence-electron chi connectivity index (χ1n) is 6.59. The lowest BCUT2D eigenvalue weighted by Gasteiger charge is -2.14. The average molecular weight is 381 g/mol. The van der Waals surface area contributed by atoms with E-state index >= 15 is 0 Å². The van der Waals surface area contributed by atoms with Gasteiger partial charge in [-0.25, -0.2) is 0 Å². The van der Waals surface area contributed by atoms with Crippen molar-refractivity contribution in [3.05, 3.63) is 46.4 Å². The van der Waals surface area contributed by atoms with Crippen LogP contribution in [0.4, 0.5) is 11.4 Å². The monoisotopic (exact) mass is 380 g/mol. The van der Waals surface area contributed by atoms with E-state index in [1.807, 2.05) is 43.3 Å². The Kier molecular flexibility index (Phi) is 5.63. The third-order valence-electron chi connectivity index (χ3n) is 3.01. The van der Waals surface area contributed by atoms with Gasteiger partial charge in [-0.1, -0.05) is 6.07 Å². The Labute approximate surface area is 144 Å². The molecule has 0 aromatic heterocycles. The summed E-state index contributed by atoms with van der Waals surface area (Å²) >= 11 is 8.85. The van der Waals surface area contributed by atoms with Crippen molar-refractivity contribution in [3.63, 3.8) is 0 Å². The van der Waals surface area contributed by atoms with Crippen LogP contribution < -0.4 is 20.1 Å². The topological polar surface area (TPSA) is 42.5 Å². The minimum absolute atomic E-state index is 0.497. The summed E-state index contributed by atoms with van der Waals surface area (Å²) in [7, 11) is 3.20.